The normalized spacial score (nSPS) is 18.7. The largest absolute Gasteiger partial charge is 0.401 e. The second-order valence-electron chi connectivity index (χ2n) is 12.0. The molecule has 3 aromatic rings. The number of nitriles is 1. The predicted molar refractivity (Wildman–Crippen MR) is 158 cm³/mol. The number of piperidine rings is 1. The fourth-order valence-electron chi connectivity index (χ4n) is 6.99. The van der Waals surface area contributed by atoms with Gasteiger partial charge in [0.15, 0.2) is 0 Å². The number of hydrogen-bond acceptors (Lipinski definition) is 4. The molecule has 4 heterocycles. The zero-order valence-corrected chi connectivity index (χ0v) is 24.5. The Morgan fingerprint density at radius 3 is 2.56 bits per heavy atom. The van der Waals surface area contributed by atoms with Gasteiger partial charge in [-0.05, 0) is 74.2 Å². The summed E-state index contributed by atoms with van der Waals surface area (Å²) in [5, 5.41) is 10.7. The number of amides is 2. The van der Waals surface area contributed by atoms with Crippen LogP contribution >= 0.6 is 11.6 Å². The average molecular weight is 612 g/mol. The van der Waals surface area contributed by atoms with E-state index in [-0.39, 0.29) is 17.7 Å². The molecule has 3 aliphatic heterocycles. The fourth-order valence-corrected chi connectivity index (χ4v) is 7.17. The first kappa shape index (κ1) is 29.5. The van der Waals surface area contributed by atoms with Crippen LogP contribution in [-0.4, -0.2) is 65.1 Å². The Labute approximate surface area is 253 Å². The number of para-hydroxylation sites is 1. The van der Waals surface area contributed by atoms with Gasteiger partial charge in [-0.2, -0.15) is 18.4 Å². The molecule has 0 N–H and O–H groups in total. The molecule has 0 atom stereocenters. The zero-order chi connectivity index (χ0) is 30.4. The fraction of sp³-hybridized carbons (Fsp3) is 0.469. The molecule has 2 aromatic carbocycles. The van der Waals surface area contributed by atoms with Gasteiger partial charge in [-0.15, -0.1) is 0 Å². The Bertz CT molecular complexity index is 1580. The van der Waals surface area contributed by atoms with Crippen molar-refractivity contribution in [2.24, 2.45) is 5.92 Å². The van der Waals surface area contributed by atoms with Crippen LogP contribution in [0.15, 0.2) is 48.5 Å². The highest BCUT2D eigenvalue weighted by Crippen LogP contribution is 2.48. The van der Waals surface area contributed by atoms with E-state index in [1.54, 1.807) is 4.90 Å². The van der Waals surface area contributed by atoms with Crippen LogP contribution in [0, 0.1) is 17.2 Å². The summed E-state index contributed by atoms with van der Waals surface area (Å²) in [5.41, 5.74) is 2.89. The summed E-state index contributed by atoms with van der Waals surface area (Å²) in [6.07, 6.45) is -1.69. The van der Waals surface area contributed by atoms with Crippen LogP contribution in [0.3, 0.4) is 0 Å². The van der Waals surface area contributed by atoms with E-state index >= 15 is 0 Å². The van der Waals surface area contributed by atoms with Crippen molar-refractivity contribution in [2.75, 3.05) is 37.6 Å². The smallest absolute Gasteiger partial charge is 0.343 e. The Kier molecular flexibility index (Phi) is 7.90. The molecule has 2 amide bonds. The molecule has 43 heavy (non-hydrogen) atoms. The van der Waals surface area contributed by atoms with Crippen LogP contribution in [0.4, 0.5) is 18.9 Å². The van der Waals surface area contributed by atoms with E-state index < -0.39 is 18.1 Å². The van der Waals surface area contributed by atoms with Crippen molar-refractivity contribution in [3.63, 3.8) is 0 Å². The number of benzene rings is 2. The maximum absolute atomic E-state index is 14.1. The van der Waals surface area contributed by atoms with Gasteiger partial charge < -0.3 is 14.4 Å². The second kappa shape index (κ2) is 11.5. The number of fused-ring (bicyclic) bond motifs is 3. The Morgan fingerprint density at radius 2 is 1.84 bits per heavy atom. The van der Waals surface area contributed by atoms with E-state index in [2.05, 4.69) is 10.6 Å². The number of nitrogens with zero attached hydrogens (tertiary/aromatic N) is 5. The topological polar surface area (TPSA) is 72.6 Å². The van der Waals surface area contributed by atoms with E-state index in [0.717, 1.165) is 27.8 Å². The average Bonchev–Trinajstić information content (AvgIpc) is 3.40. The minimum atomic E-state index is -4.21. The Morgan fingerprint density at radius 1 is 1.09 bits per heavy atom. The summed E-state index contributed by atoms with van der Waals surface area (Å²) in [6.45, 7) is 1.34. The number of halogens is 4. The Hall–Kier alpha value is -3.55. The van der Waals surface area contributed by atoms with Crippen LogP contribution in [0.1, 0.15) is 43.4 Å². The van der Waals surface area contributed by atoms with Crippen molar-refractivity contribution in [1.82, 2.24) is 14.4 Å². The molecular weight excluding hydrogens is 579 g/mol. The highest BCUT2D eigenvalue weighted by atomic mass is 35.5. The number of alkyl halides is 3. The number of unbranched alkanes of at least 4 members (excludes halogenated alkanes) is 1. The monoisotopic (exact) mass is 611 g/mol. The summed E-state index contributed by atoms with van der Waals surface area (Å²) in [6, 6.07) is 17.7. The molecule has 7 nitrogen and oxygen atoms in total. The molecule has 3 aliphatic rings. The van der Waals surface area contributed by atoms with Gasteiger partial charge in [0.1, 0.15) is 5.41 Å². The number of anilines is 1. The zero-order valence-electron chi connectivity index (χ0n) is 23.7. The van der Waals surface area contributed by atoms with Crippen molar-refractivity contribution in [1.29, 1.82) is 5.26 Å². The van der Waals surface area contributed by atoms with E-state index in [0.29, 0.717) is 76.4 Å². The molecule has 6 rings (SSSR count). The van der Waals surface area contributed by atoms with Gasteiger partial charge in [0.05, 0.1) is 19.2 Å². The lowest BCUT2D eigenvalue weighted by atomic mass is 9.74. The molecule has 226 valence electrons. The SMILES string of the molecule is N#CCCCn1c(CN2C(=O)C3(CN(C(=O)CC4CCN(CC(F)(F)F)CC4)C3)c3ccccc32)cc2cc(Cl)ccc21. The second-order valence-corrected chi connectivity index (χ2v) is 12.5. The van der Waals surface area contributed by atoms with Crippen molar-refractivity contribution >= 4 is 40.0 Å². The van der Waals surface area contributed by atoms with E-state index in [4.69, 9.17) is 16.9 Å². The van der Waals surface area contributed by atoms with Crippen molar-refractivity contribution in [3.05, 3.63) is 64.8 Å². The molecule has 0 saturated carbocycles. The van der Waals surface area contributed by atoms with Crippen LogP contribution < -0.4 is 4.90 Å². The number of likely N-dealkylation sites (tertiary alicyclic amines) is 2. The lowest BCUT2D eigenvalue weighted by Gasteiger charge is -2.47. The minimum absolute atomic E-state index is 0.0370. The summed E-state index contributed by atoms with van der Waals surface area (Å²) < 4.78 is 40.4. The van der Waals surface area contributed by atoms with E-state index in [9.17, 15) is 22.8 Å². The maximum atomic E-state index is 14.1. The van der Waals surface area contributed by atoms with E-state index in [1.807, 2.05) is 53.4 Å². The molecule has 0 aliphatic carbocycles. The molecule has 1 spiro atoms. The van der Waals surface area contributed by atoms with Crippen molar-refractivity contribution in [3.8, 4) is 6.07 Å². The quantitative estimate of drug-likeness (QED) is 0.298. The van der Waals surface area contributed by atoms with Gasteiger partial charge in [0, 0.05) is 59.8 Å². The van der Waals surface area contributed by atoms with Crippen LogP contribution in [-0.2, 0) is 28.1 Å². The molecule has 11 heteroatoms. The number of carbonyl (C=O) groups excluding carboxylic acids is 2. The van der Waals surface area contributed by atoms with Crippen molar-refractivity contribution < 1.29 is 22.8 Å². The first-order valence-corrected chi connectivity index (χ1v) is 15.1. The lowest BCUT2D eigenvalue weighted by molar-refractivity contribution is -0.151. The minimum Gasteiger partial charge on any atom is -0.343 e. The predicted octanol–water partition coefficient (Wildman–Crippen LogP) is 5.89. The van der Waals surface area contributed by atoms with Gasteiger partial charge in [0.25, 0.3) is 0 Å². The number of carbonyl (C=O) groups is 2. The van der Waals surface area contributed by atoms with Gasteiger partial charge >= 0.3 is 6.18 Å². The molecule has 2 fully saturated rings. The van der Waals surface area contributed by atoms with Gasteiger partial charge in [0.2, 0.25) is 11.8 Å². The first-order chi connectivity index (χ1) is 20.6. The van der Waals surface area contributed by atoms with Crippen LogP contribution in [0.2, 0.25) is 5.02 Å². The van der Waals surface area contributed by atoms with E-state index in [1.165, 1.54) is 4.90 Å². The standard InChI is InChI=1S/C32H33ClF3N5O2/c33-24-7-8-27-23(16-24)17-25(40(27)12-4-3-11-37)18-41-28-6-2-1-5-26(28)31(30(41)43)19-39(20-31)29(42)15-22-9-13-38(14-10-22)21-32(34,35)36/h1-2,5-8,16-17,22H,3-4,9-10,12-15,18-21H2. The summed E-state index contributed by atoms with van der Waals surface area (Å²) in [7, 11) is 0. The van der Waals surface area contributed by atoms with Crippen LogP contribution in [0.5, 0.6) is 0 Å². The number of hydrogen-bond donors (Lipinski definition) is 0. The molecular formula is C32H33ClF3N5O2. The Balaban J connectivity index is 1.16. The maximum Gasteiger partial charge on any atom is 0.401 e. The third-order valence-electron chi connectivity index (χ3n) is 9.15. The molecule has 0 radical (unpaired) electrons. The van der Waals surface area contributed by atoms with Gasteiger partial charge in [-0.1, -0.05) is 29.8 Å². The highest BCUT2D eigenvalue weighted by molar-refractivity contribution is 6.31. The summed E-state index contributed by atoms with van der Waals surface area (Å²) in [5.74, 6) is -0.0312. The van der Waals surface area contributed by atoms with Crippen molar-refractivity contribution in [2.45, 2.75) is 56.8 Å². The number of aromatic nitrogens is 1. The van der Waals surface area contributed by atoms with Gasteiger partial charge in [-0.25, -0.2) is 0 Å². The molecule has 0 unspecified atom stereocenters. The number of rotatable bonds is 8. The highest BCUT2D eigenvalue weighted by Gasteiger charge is 2.59. The number of aryl methyl sites for hydroxylation is 1. The third kappa shape index (κ3) is 5.73. The molecule has 0 bridgehead atoms. The first-order valence-electron chi connectivity index (χ1n) is 14.7. The van der Waals surface area contributed by atoms with Gasteiger partial charge in [-0.3, -0.25) is 14.5 Å². The van der Waals surface area contributed by atoms with Crippen LogP contribution in [0.25, 0.3) is 10.9 Å². The lowest BCUT2D eigenvalue weighted by Crippen LogP contribution is -2.65. The third-order valence-corrected chi connectivity index (χ3v) is 9.39. The summed E-state index contributed by atoms with van der Waals surface area (Å²) in [4.78, 5) is 32.3. The molecule has 2 saturated heterocycles. The molecule has 1 aromatic heterocycles. The summed E-state index contributed by atoms with van der Waals surface area (Å²) >= 11 is 6.27.